The second-order valence-electron chi connectivity index (χ2n) is 6.52. The van der Waals surface area contributed by atoms with Gasteiger partial charge in [0, 0.05) is 24.0 Å². The topological polar surface area (TPSA) is 131 Å². The fourth-order valence-electron chi connectivity index (χ4n) is 2.84. The Bertz CT molecular complexity index is 1080. The Balaban J connectivity index is 1.97. The maximum absolute atomic E-state index is 12.4. The number of aliphatic imine (C=N–C) groups is 1. The molecule has 1 amide bonds. The molecule has 0 fully saturated rings. The van der Waals surface area contributed by atoms with Gasteiger partial charge in [0.15, 0.2) is 0 Å². The molecule has 1 heterocycles. The summed E-state index contributed by atoms with van der Waals surface area (Å²) in [5.41, 5.74) is 0.848. The summed E-state index contributed by atoms with van der Waals surface area (Å²) < 4.78 is 27.3. The van der Waals surface area contributed by atoms with Crippen LogP contribution in [0.15, 0.2) is 52.4 Å². The first-order valence-corrected chi connectivity index (χ1v) is 9.92. The number of anilines is 1. The van der Waals surface area contributed by atoms with E-state index in [-0.39, 0.29) is 28.2 Å². The number of nitrogens with one attached hydrogen (secondary N) is 2. The van der Waals surface area contributed by atoms with Crippen molar-refractivity contribution in [3.05, 3.63) is 58.1 Å². The average Bonchev–Trinajstić information content (AvgIpc) is 2.93. The summed E-state index contributed by atoms with van der Waals surface area (Å²) in [5.74, 6) is -1.24. The highest BCUT2D eigenvalue weighted by molar-refractivity contribution is 7.89. The molecule has 10 heteroatoms. The number of benzene rings is 2. The molecule has 1 aliphatic rings. The molecule has 0 aliphatic carbocycles. The van der Waals surface area contributed by atoms with Crippen molar-refractivity contribution in [3.8, 4) is 0 Å². The molecule has 0 spiro atoms. The molecule has 9 nitrogen and oxygen atoms in total. The van der Waals surface area contributed by atoms with E-state index in [4.69, 9.17) is 0 Å². The van der Waals surface area contributed by atoms with Crippen molar-refractivity contribution in [2.75, 3.05) is 5.32 Å². The number of nitrogens with zero attached hydrogens (tertiary/aromatic N) is 2. The van der Waals surface area contributed by atoms with Crippen LogP contribution in [0.2, 0.25) is 0 Å². The maximum Gasteiger partial charge on any atom is 0.294 e. The summed E-state index contributed by atoms with van der Waals surface area (Å²) in [6.45, 7) is 3.41. The Morgan fingerprint density at radius 1 is 1.25 bits per heavy atom. The van der Waals surface area contributed by atoms with Gasteiger partial charge in [-0.05, 0) is 43.7 Å². The largest absolute Gasteiger partial charge is 0.325 e. The van der Waals surface area contributed by atoms with E-state index in [1.807, 2.05) is 0 Å². The smallest absolute Gasteiger partial charge is 0.294 e. The van der Waals surface area contributed by atoms with E-state index in [2.05, 4.69) is 15.0 Å². The van der Waals surface area contributed by atoms with Crippen LogP contribution in [0.1, 0.15) is 25.3 Å². The van der Waals surface area contributed by atoms with E-state index < -0.39 is 20.9 Å². The highest BCUT2D eigenvalue weighted by Crippen LogP contribution is 2.34. The Kier molecular flexibility index (Phi) is 5.25. The summed E-state index contributed by atoms with van der Waals surface area (Å²) >= 11 is 0. The van der Waals surface area contributed by atoms with Gasteiger partial charge in [0.25, 0.3) is 5.69 Å². The number of nitro groups is 1. The van der Waals surface area contributed by atoms with Crippen molar-refractivity contribution in [2.45, 2.75) is 30.7 Å². The lowest BCUT2D eigenvalue weighted by atomic mass is 10.0. The lowest BCUT2D eigenvalue weighted by Crippen LogP contribution is -2.30. The third kappa shape index (κ3) is 3.92. The van der Waals surface area contributed by atoms with Gasteiger partial charge in [-0.2, -0.15) is 0 Å². The standard InChI is InChI=1S/C18H18N4O5S/c1-11(2)21-28(26,27)12-7-8-15-13(9-12)14(18(23)20-15)10-19-16-5-3-4-6-17(16)22(24)25/h3-11,14,21H,1-2H3,(H,20,23). The second-order valence-corrected chi connectivity index (χ2v) is 8.23. The van der Waals surface area contributed by atoms with Crippen LogP contribution in [0.5, 0.6) is 0 Å². The lowest BCUT2D eigenvalue weighted by Gasteiger charge is -2.11. The number of carbonyl (C=O) groups excluding carboxylic acids is 1. The van der Waals surface area contributed by atoms with Crippen LogP contribution in [0.4, 0.5) is 17.1 Å². The monoisotopic (exact) mass is 402 g/mol. The van der Waals surface area contributed by atoms with Gasteiger partial charge in [-0.3, -0.25) is 19.9 Å². The Morgan fingerprint density at radius 2 is 1.96 bits per heavy atom. The van der Waals surface area contributed by atoms with Gasteiger partial charge < -0.3 is 5.32 Å². The number of fused-ring (bicyclic) bond motifs is 1. The number of hydrogen-bond acceptors (Lipinski definition) is 6. The minimum absolute atomic E-state index is 0.0283. The number of hydrogen-bond donors (Lipinski definition) is 2. The summed E-state index contributed by atoms with van der Waals surface area (Å²) in [4.78, 5) is 27.0. The maximum atomic E-state index is 12.4. The van der Waals surface area contributed by atoms with Crippen molar-refractivity contribution in [3.63, 3.8) is 0 Å². The van der Waals surface area contributed by atoms with Gasteiger partial charge >= 0.3 is 0 Å². The first kappa shape index (κ1) is 19.6. The number of amides is 1. The van der Waals surface area contributed by atoms with Crippen molar-refractivity contribution in [1.82, 2.24) is 4.72 Å². The van der Waals surface area contributed by atoms with Crippen LogP contribution in [0, 0.1) is 10.1 Å². The second kappa shape index (κ2) is 7.49. The fourth-order valence-corrected chi connectivity index (χ4v) is 4.13. The van der Waals surface area contributed by atoms with Gasteiger partial charge in [-0.1, -0.05) is 12.1 Å². The Hall–Kier alpha value is -3.11. The first-order chi connectivity index (χ1) is 13.2. The highest BCUT2D eigenvalue weighted by atomic mass is 32.2. The van der Waals surface area contributed by atoms with Crippen LogP contribution >= 0.6 is 0 Å². The van der Waals surface area contributed by atoms with E-state index in [1.165, 1.54) is 42.6 Å². The molecule has 1 unspecified atom stereocenters. The number of para-hydroxylation sites is 2. The van der Waals surface area contributed by atoms with Crippen LogP contribution in [-0.2, 0) is 14.8 Å². The summed E-state index contributed by atoms with van der Waals surface area (Å²) in [5, 5.41) is 13.8. The van der Waals surface area contributed by atoms with Crippen LogP contribution in [0.3, 0.4) is 0 Å². The summed E-state index contributed by atoms with van der Waals surface area (Å²) in [7, 11) is -3.73. The minimum Gasteiger partial charge on any atom is -0.325 e. The first-order valence-electron chi connectivity index (χ1n) is 8.44. The zero-order valence-electron chi connectivity index (χ0n) is 15.1. The zero-order valence-corrected chi connectivity index (χ0v) is 15.9. The van der Waals surface area contributed by atoms with Crippen LogP contribution in [-0.4, -0.2) is 31.5 Å². The van der Waals surface area contributed by atoms with Crippen LogP contribution in [0.25, 0.3) is 0 Å². The van der Waals surface area contributed by atoms with E-state index in [0.29, 0.717) is 11.3 Å². The van der Waals surface area contributed by atoms with Crippen LogP contribution < -0.4 is 10.0 Å². The molecule has 2 aromatic carbocycles. The molecule has 1 atom stereocenters. The normalized spacial score (nSPS) is 16.4. The fraction of sp³-hybridized carbons (Fsp3) is 0.222. The van der Waals surface area contributed by atoms with Crippen molar-refractivity contribution < 1.29 is 18.1 Å². The van der Waals surface area contributed by atoms with E-state index in [9.17, 15) is 23.3 Å². The van der Waals surface area contributed by atoms with E-state index >= 15 is 0 Å². The molecule has 2 N–H and O–H groups in total. The molecule has 0 bridgehead atoms. The Labute approximate surface area is 161 Å². The third-order valence-corrected chi connectivity index (χ3v) is 5.70. The zero-order chi connectivity index (χ0) is 20.5. The molecule has 0 aromatic heterocycles. The van der Waals surface area contributed by atoms with Gasteiger partial charge in [0.1, 0.15) is 11.6 Å². The van der Waals surface area contributed by atoms with Gasteiger partial charge in [0.05, 0.1) is 9.82 Å². The molecule has 0 saturated carbocycles. The summed E-state index contributed by atoms with van der Waals surface area (Å²) in [6.07, 6.45) is 1.29. The molecule has 146 valence electrons. The number of rotatable bonds is 6. The molecule has 28 heavy (non-hydrogen) atoms. The predicted octanol–water partition coefficient (Wildman–Crippen LogP) is 2.72. The van der Waals surface area contributed by atoms with Gasteiger partial charge in [-0.15, -0.1) is 0 Å². The minimum atomic E-state index is -3.73. The van der Waals surface area contributed by atoms with Gasteiger partial charge in [-0.25, -0.2) is 13.1 Å². The lowest BCUT2D eigenvalue weighted by molar-refractivity contribution is -0.384. The van der Waals surface area contributed by atoms with E-state index in [0.717, 1.165) is 0 Å². The third-order valence-electron chi connectivity index (χ3n) is 4.04. The average molecular weight is 402 g/mol. The highest BCUT2D eigenvalue weighted by Gasteiger charge is 2.31. The molecule has 1 aliphatic heterocycles. The molecular formula is C18H18N4O5S. The number of nitro benzene ring substituents is 1. The molecule has 0 saturated heterocycles. The Morgan fingerprint density at radius 3 is 2.64 bits per heavy atom. The predicted molar refractivity (Wildman–Crippen MR) is 105 cm³/mol. The van der Waals surface area contributed by atoms with Crippen molar-refractivity contribution >= 4 is 39.2 Å². The van der Waals surface area contributed by atoms with Crippen molar-refractivity contribution in [1.29, 1.82) is 0 Å². The molecule has 0 radical (unpaired) electrons. The molecule has 2 aromatic rings. The van der Waals surface area contributed by atoms with E-state index in [1.54, 1.807) is 19.9 Å². The molecule has 3 rings (SSSR count). The number of sulfonamides is 1. The van der Waals surface area contributed by atoms with Gasteiger partial charge in [0.2, 0.25) is 15.9 Å². The quantitative estimate of drug-likeness (QED) is 0.436. The van der Waals surface area contributed by atoms with Crippen molar-refractivity contribution in [2.24, 2.45) is 4.99 Å². The molecular weight excluding hydrogens is 384 g/mol. The summed E-state index contributed by atoms with van der Waals surface area (Å²) in [6, 6.07) is 9.96. The SMILES string of the molecule is CC(C)NS(=O)(=O)c1ccc2c(c1)C(C=Nc1ccccc1[N+](=O)[O-])C(=O)N2. The number of carbonyl (C=O) groups is 1.